The molecular weight excluding hydrogens is 406 g/mol. The highest BCUT2D eigenvalue weighted by molar-refractivity contribution is 6.02. The zero-order chi connectivity index (χ0) is 22.7. The van der Waals surface area contributed by atoms with Gasteiger partial charge in [-0.25, -0.2) is 0 Å². The summed E-state index contributed by atoms with van der Waals surface area (Å²) in [6.45, 7) is 2.26. The number of ether oxygens (including phenoxy) is 2. The van der Waals surface area contributed by atoms with Gasteiger partial charge in [-0.2, -0.15) is 0 Å². The summed E-state index contributed by atoms with van der Waals surface area (Å²) in [5.74, 6) is 1.45. The molecule has 0 saturated carbocycles. The molecule has 0 aliphatic carbocycles. The number of methoxy groups -OCH3 is 2. The Morgan fingerprint density at radius 3 is 2.69 bits per heavy atom. The molecule has 0 radical (unpaired) electrons. The van der Waals surface area contributed by atoms with Crippen molar-refractivity contribution in [2.45, 2.75) is 25.5 Å². The van der Waals surface area contributed by atoms with E-state index in [9.17, 15) is 9.90 Å². The van der Waals surface area contributed by atoms with Crippen LogP contribution >= 0.6 is 0 Å². The Labute approximate surface area is 188 Å². The van der Waals surface area contributed by atoms with E-state index in [-0.39, 0.29) is 5.91 Å². The topological polar surface area (TPSA) is 76.0 Å². The molecule has 1 aromatic heterocycles. The van der Waals surface area contributed by atoms with Gasteiger partial charge in [0, 0.05) is 31.0 Å². The lowest BCUT2D eigenvalue weighted by atomic mass is 10.0. The van der Waals surface area contributed by atoms with E-state index in [1.54, 1.807) is 19.1 Å². The minimum atomic E-state index is -0.611. The van der Waals surface area contributed by atoms with Crippen LogP contribution in [0.4, 0.5) is 0 Å². The van der Waals surface area contributed by atoms with Crippen molar-refractivity contribution in [3.05, 3.63) is 59.3 Å². The summed E-state index contributed by atoms with van der Waals surface area (Å²) < 4.78 is 12.6. The molecule has 3 aromatic rings. The second-order valence-corrected chi connectivity index (χ2v) is 8.23. The van der Waals surface area contributed by atoms with Crippen molar-refractivity contribution < 1.29 is 19.4 Å². The van der Waals surface area contributed by atoms with Crippen LogP contribution in [0.5, 0.6) is 11.5 Å². The Morgan fingerprint density at radius 2 is 1.91 bits per heavy atom. The number of aliphatic hydroxyl groups excluding tert-OH is 1. The third-order valence-corrected chi connectivity index (χ3v) is 6.13. The van der Waals surface area contributed by atoms with E-state index >= 15 is 0 Å². The predicted molar refractivity (Wildman–Crippen MR) is 125 cm³/mol. The first-order valence-electron chi connectivity index (χ1n) is 11.0. The van der Waals surface area contributed by atoms with Crippen LogP contribution in [0.2, 0.25) is 0 Å². The highest BCUT2D eigenvalue weighted by Crippen LogP contribution is 2.31. The molecule has 0 fully saturated rings. The molecule has 1 aliphatic heterocycles. The molecule has 2 N–H and O–H groups in total. The summed E-state index contributed by atoms with van der Waals surface area (Å²) in [5.41, 5.74) is 3.94. The first-order chi connectivity index (χ1) is 15.5. The van der Waals surface area contributed by atoms with Crippen molar-refractivity contribution in [3.8, 4) is 11.5 Å². The Balaban J connectivity index is 1.40. The molecule has 0 saturated heterocycles. The minimum Gasteiger partial charge on any atom is -0.493 e. The average molecular weight is 438 g/mol. The molecule has 0 unspecified atom stereocenters. The van der Waals surface area contributed by atoms with Crippen LogP contribution in [-0.2, 0) is 19.4 Å². The molecule has 1 amide bonds. The molecule has 0 spiro atoms. The number of fused-ring (bicyclic) bond motifs is 3. The van der Waals surface area contributed by atoms with Gasteiger partial charge >= 0.3 is 0 Å². The molecule has 4 rings (SSSR count). The number of hydrogen-bond acceptors (Lipinski definition) is 5. The lowest BCUT2D eigenvalue weighted by Crippen LogP contribution is -2.37. The van der Waals surface area contributed by atoms with Gasteiger partial charge in [-0.15, -0.1) is 0 Å². The fourth-order valence-corrected chi connectivity index (χ4v) is 4.44. The van der Waals surface area contributed by atoms with Crippen LogP contribution in [0.1, 0.15) is 21.6 Å². The van der Waals surface area contributed by atoms with E-state index < -0.39 is 6.10 Å². The molecule has 2 aromatic carbocycles. The van der Waals surface area contributed by atoms with Crippen molar-refractivity contribution in [2.24, 2.45) is 0 Å². The van der Waals surface area contributed by atoms with Gasteiger partial charge in [0.15, 0.2) is 11.5 Å². The number of carbonyl (C=O) groups excluding carboxylic acids is 1. The Bertz CT molecular complexity index is 1110. The van der Waals surface area contributed by atoms with E-state index in [1.807, 2.05) is 48.0 Å². The number of nitrogens with one attached hydrogen (secondary N) is 1. The van der Waals surface area contributed by atoms with E-state index in [2.05, 4.69) is 11.4 Å². The van der Waals surface area contributed by atoms with Gasteiger partial charge in [0.25, 0.3) is 5.91 Å². The standard InChI is InChI=1S/C25H31N3O4/c1-27-13-11-20-19-6-4-5-7-21(19)28(24(20)25(27)30)16-18(29)15-26-12-10-17-8-9-22(31-2)23(14-17)32-3/h4-9,14,18,26,29H,10-13,15-16H2,1-3H3/t18-/m1/s1. The number of rotatable bonds is 9. The molecule has 1 atom stereocenters. The molecule has 2 heterocycles. The summed E-state index contributed by atoms with van der Waals surface area (Å²) in [6, 6.07) is 14.0. The van der Waals surface area contributed by atoms with Gasteiger partial charge in [0.05, 0.1) is 26.9 Å². The molecule has 7 nitrogen and oxygen atoms in total. The number of nitrogens with zero attached hydrogens (tertiary/aromatic N) is 2. The Morgan fingerprint density at radius 1 is 1.12 bits per heavy atom. The molecule has 170 valence electrons. The maximum atomic E-state index is 12.9. The fraction of sp³-hybridized carbons (Fsp3) is 0.400. The SMILES string of the molecule is COc1ccc(CCNC[C@@H](O)Cn2c3c(c4ccccc42)CCN(C)C3=O)cc1OC. The zero-order valence-corrected chi connectivity index (χ0v) is 18.9. The maximum absolute atomic E-state index is 12.9. The second kappa shape index (κ2) is 9.63. The molecule has 7 heteroatoms. The van der Waals surface area contributed by atoms with Crippen LogP contribution in [0.3, 0.4) is 0 Å². The number of carbonyl (C=O) groups is 1. The van der Waals surface area contributed by atoms with Crippen molar-refractivity contribution in [3.63, 3.8) is 0 Å². The van der Waals surface area contributed by atoms with Crippen molar-refractivity contribution in [2.75, 3.05) is 40.9 Å². The average Bonchev–Trinajstić information content (AvgIpc) is 3.13. The third-order valence-electron chi connectivity index (χ3n) is 6.13. The quantitative estimate of drug-likeness (QED) is 0.503. The Hall–Kier alpha value is -3.03. The highest BCUT2D eigenvalue weighted by atomic mass is 16.5. The number of aromatic nitrogens is 1. The minimum absolute atomic E-state index is 0.0241. The van der Waals surface area contributed by atoms with E-state index in [4.69, 9.17) is 9.47 Å². The number of aliphatic hydroxyl groups is 1. The third kappa shape index (κ3) is 4.31. The van der Waals surface area contributed by atoms with Gasteiger partial charge in [0.1, 0.15) is 5.69 Å². The normalized spacial score (nSPS) is 14.5. The van der Waals surface area contributed by atoms with Crippen molar-refractivity contribution in [1.82, 2.24) is 14.8 Å². The van der Waals surface area contributed by atoms with Crippen LogP contribution < -0.4 is 14.8 Å². The lowest BCUT2D eigenvalue weighted by molar-refractivity contribution is 0.0764. The second-order valence-electron chi connectivity index (χ2n) is 8.23. The highest BCUT2D eigenvalue weighted by Gasteiger charge is 2.29. The smallest absolute Gasteiger partial charge is 0.270 e. The molecule has 32 heavy (non-hydrogen) atoms. The maximum Gasteiger partial charge on any atom is 0.270 e. The van der Waals surface area contributed by atoms with Crippen molar-refractivity contribution in [1.29, 1.82) is 0 Å². The predicted octanol–water partition coefficient (Wildman–Crippen LogP) is 2.48. The summed E-state index contributed by atoms with van der Waals surface area (Å²) in [6.07, 6.45) is 1.03. The molecule has 0 bridgehead atoms. The summed E-state index contributed by atoms with van der Waals surface area (Å²) in [4.78, 5) is 14.6. The van der Waals surface area contributed by atoms with Gasteiger partial charge in [0.2, 0.25) is 0 Å². The summed E-state index contributed by atoms with van der Waals surface area (Å²) >= 11 is 0. The van der Waals surface area contributed by atoms with E-state index in [0.29, 0.717) is 30.3 Å². The number of hydrogen-bond donors (Lipinski definition) is 2. The molecule has 1 aliphatic rings. The monoisotopic (exact) mass is 437 g/mol. The number of para-hydroxylation sites is 1. The lowest BCUT2D eigenvalue weighted by Gasteiger charge is -2.25. The number of likely N-dealkylation sites (N-methyl/N-ethyl adjacent to an activating group) is 1. The van der Waals surface area contributed by atoms with Crippen molar-refractivity contribution >= 4 is 16.8 Å². The van der Waals surface area contributed by atoms with Gasteiger partial charge in [-0.3, -0.25) is 4.79 Å². The summed E-state index contributed by atoms with van der Waals surface area (Å²) in [5, 5.41) is 15.2. The first-order valence-corrected chi connectivity index (χ1v) is 11.0. The van der Waals surface area contributed by atoms with Gasteiger partial charge in [-0.1, -0.05) is 24.3 Å². The van der Waals surface area contributed by atoms with E-state index in [0.717, 1.165) is 48.0 Å². The largest absolute Gasteiger partial charge is 0.493 e. The van der Waals surface area contributed by atoms with Crippen LogP contribution in [-0.4, -0.2) is 67.5 Å². The first kappa shape index (κ1) is 22.2. The van der Waals surface area contributed by atoms with Gasteiger partial charge < -0.3 is 29.4 Å². The fourth-order valence-electron chi connectivity index (χ4n) is 4.44. The van der Waals surface area contributed by atoms with Gasteiger partial charge in [-0.05, 0) is 48.7 Å². The van der Waals surface area contributed by atoms with Crippen LogP contribution in [0.15, 0.2) is 42.5 Å². The molecular formula is C25H31N3O4. The number of benzene rings is 2. The van der Waals surface area contributed by atoms with E-state index in [1.165, 1.54) is 0 Å². The van der Waals surface area contributed by atoms with Crippen LogP contribution in [0, 0.1) is 0 Å². The van der Waals surface area contributed by atoms with Crippen LogP contribution in [0.25, 0.3) is 10.9 Å². The zero-order valence-electron chi connectivity index (χ0n) is 18.9. The number of amides is 1. The Kier molecular flexibility index (Phi) is 6.67. The summed E-state index contributed by atoms with van der Waals surface area (Å²) in [7, 11) is 5.08.